The molecule has 4 aromatic carbocycles. The molecule has 0 radical (unpaired) electrons. The lowest BCUT2D eigenvalue weighted by Crippen LogP contribution is -2.07. The number of rotatable bonds is 3. The van der Waals surface area contributed by atoms with Gasteiger partial charge < -0.3 is 0 Å². The van der Waals surface area contributed by atoms with Gasteiger partial charge in [-0.2, -0.15) is 39.5 Å². The molecule has 9 aromatic rings. The molecule has 0 bridgehead atoms. The Morgan fingerprint density at radius 2 is 0.826 bits per heavy atom. The van der Waals surface area contributed by atoms with Crippen LogP contribution in [0.5, 0.6) is 0 Å². The fourth-order valence-electron chi connectivity index (χ4n) is 6.46. The molecule has 0 aliphatic heterocycles. The molecule has 0 saturated carbocycles. The van der Waals surface area contributed by atoms with Crippen LogP contribution in [-0.2, 0) is 0 Å². The summed E-state index contributed by atoms with van der Waals surface area (Å²) in [6.45, 7) is 0. The third-order valence-corrected chi connectivity index (χ3v) is 8.39. The van der Waals surface area contributed by atoms with Crippen LogP contribution in [0.1, 0.15) is 16.7 Å². The van der Waals surface area contributed by atoms with Gasteiger partial charge in [-0.15, -0.1) is 5.10 Å². The summed E-state index contributed by atoms with van der Waals surface area (Å²) in [7, 11) is 0. The van der Waals surface area contributed by atoms with Crippen molar-refractivity contribution in [2.45, 2.75) is 0 Å². The molecule has 9 rings (SSSR count). The Kier molecular flexibility index (Phi) is 5.16. The molecule has 0 amide bonds. The smallest absolute Gasteiger partial charge is 0.181 e. The summed E-state index contributed by atoms with van der Waals surface area (Å²) in [6, 6.07) is 41.8. The van der Waals surface area contributed by atoms with E-state index in [2.05, 4.69) is 18.2 Å². The summed E-state index contributed by atoms with van der Waals surface area (Å²) in [5.74, 6) is 0.371. The molecule has 10 heteroatoms. The minimum Gasteiger partial charge on any atom is -0.291 e. The number of para-hydroxylation sites is 2. The summed E-state index contributed by atoms with van der Waals surface area (Å²) in [4.78, 5) is 0. The fourth-order valence-corrected chi connectivity index (χ4v) is 6.46. The highest BCUT2D eigenvalue weighted by molar-refractivity contribution is 6.09. The Bertz CT molecular complexity index is 2740. The average molecular weight is 591 g/mol. The Hall–Kier alpha value is -7.22. The van der Waals surface area contributed by atoms with Gasteiger partial charge in [-0.1, -0.05) is 97.1 Å². The molecule has 46 heavy (non-hydrogen) atoms. The zero-order valence-corrected chi connectivity index (χ0v) is 23.9. The fraction of sp³-hybridized carbons (Fsp3) is 0. The Labute approximate surface area is 260 Å². The lowest BCUT2D eigenvalue weighted by Gasteiger charge is -2.03. The second kappa shape index (κ2) is 9.39. The van der Waals surface area contributed by atoms with Crippen LogP contribution in [0.15, 0.2) is 109 Å². The van der Waals surface area contributed by atoms with Gasteiger partial charge in [0.1, 0.15) is 46.3 Å². The Morgan fingerprint density at radius 1 is 0.435 bits per heavy atom. The maximum Gasteiger partial charge on any atom is 0.181 e. The summed E-state index contributed by atoms with van der Waals surface area (Å²) >= 11 is 0. The predicted molar refractivity (Wildman–Crippen MR) is 172 cm³/mol. The number of hydrogen-bond donors (Lipinski definition) is 0. The molecule has 0 atom stereocenters. The van der Waals surface area contributed by atoms with E-state index in [0.717, 1.165) is 32.9 Å². The monoisotopic (exact) mass is 590 g/mol. The van der Waals surface area contributed by atoms with Gasteiger partial charge in [0.15, 0.2) is 22.8 Å². The van der Waals surface area contributed by atoms with Crippen LogP contribution < -0.4 is 0 Å². The molecule has 5 heterocycles. The molecule has 212 valence electrons. The second-order valence-electron chi connectivity index (χ2n) is 10.8. The number of nitriles is 3. The number of fused-ring (bicyclic) bond motifs is 9. The van der Waals surface area contributed by atoms with Gasteiger partial charge >= 0.3 is 0 Å². The van der Waals surface area contributed by atoms with Crippen molar-refractivity contribution in [3.63, 3.8) is 0 Å². The molecule has 0 fully saturated rings. The first-order chi connectivity index (χ1) is 22.7. The van der Waals surface area contributed by atoms with Gasteiger partial charge in [-0.3, -0.25) is 4.57 Å². The Morgan fingerprint density at radius 3 is 1.28 bits per heavy atom. The number of nitrogens with zero attached hydrogens (tertiary/aromatic N) is 10. The molecule has 0 N–H and O–H groups in total. The van der Waals surface area contributed by atoms with E-state index in [1.165, 1.54) is 0 Å². The van der Waals surface area contributed by atoms with E-state index in [0.29, 0.717) is 34.1 Å². The SMILES string of the molecule is N#Cc1c(-c2ccccc2)nn2c1n1nc(-c3ccccc3)c(C#N)c1n1nc(-n3c4ccccc4c4ccccc43)c(C#N)c21. The molecule has 0 aliphatic rings. The normalized spacial score (nSPS) is 11.4. The van der Waals surface area contributed by atoms with Crippen LogP contribution in [0, 0.1) is 34.0 Å². The van der Waals surface area contributed by atoms with E-state index in [9.17, 15) is 15.8 Å². The number of aromatic nitrogens is 7. The highest BCUT2D eigenvalue weighted by Crippen LogP contribution is 2.36. The van der Waals surface area contributed by atoms with Crippen molar-refractivity contribution in [2.24, 2.45) is 0 Å². The van der Waals surface area contributed by atoms with Crippen molar-refractivity contribution in [3.05, 3.63) is 126 Å². The number of hydrogen-bond acceptors (Lipinski definition) is 6. The van der Waals surface area contributed by atoms with Crippen molar-refractivity contribution in [1.29, 1.82) is 15.8 Å². The van der Waals surface area contributed by atoms with Gasteiger partial charge in [0.05, 0.1) is 11.0 Å². The Balaban J connectivity index is 1.53. The molecule has 5 aromatic heterocycles. The van der Waals surface area contributed by atoms with Crippen molar-refractivity contribution >= 4 is 38.7 Å². The number of benzene rings is 4. The van der Waals surface area contributed by atoms with Gasteiger partial charge in [0, 0.05) is 21.9 Å². The van der Waals surface area contributed by atoms with Crippen molar-refractivity contribution in [3.8, 4) is 46.5 Å². The van der Waals surface area contributed by atoms with Crippen molar-refractivity contribution in [2.75, 3.05) is 0 Å². The van der Waals surface area contributed by atoms with E-state index >= 15 is 0 Å². The van der Waals surface area contributed by atoms with Crippen LogP contribution in [0.4, 0.5) is 0 Å². The lowest BCUT2D eigenvalue weighted by molar-refractivity contribution is 0.823. The first-order valence-corrected chi connectivity index (χ1v) is 14.4. The quantitative estimate of drug-likeness (QED) is 0.226. The second-order valence-corrected chi connectivity index (χ2v) is 10.8. The molecule has 10 nitrogen and oxygen atoms in total. The maximum absolute atomic E-state index is 10.8. The molecular weight excluding hydrogens is 572 g/mol. The minimum absolute atomic E-state index is 0.233. The van der Waals surface area contributed by atoms with Gasteiger partial charge in [0.25, 0.3) is 0 Å². The van der Waals surface area contributed by atoms with Gasteiger partial charge in [-0.25, -0.2) is 0 Å². The summed E-state index contributed by atoms with van der Waals surface area (Å²) in [5, 5.41) is 48.9. The lowest BCUT2D eigenvalue weighted by atomic mass is 10.1. The van der Waals surface area contributed by atoms with Crippen LogP contribution >= 0.6 is 0 Å². The minimum atomic E-state index is 0.233. The van der Waals surface area contributed by atoms with E-state index in [1.807, 2.05) is 114 Å². The predicted octanol–water partition coefficient (Wildman–Crippen LogP) is 6.68. The van der Waals surface area contributed by atoms with Crippen molar-refractivity contribution < 1.29 is 0 Å². The molecular formula is C36H18N10. The van der Waals surface area contributed by atoms with E-state index in [1.54, 1.807) is 13.5 Å². The average Bonchev–Trinajstić information content (AvgIpc) is 3.87. The standard InChI is InChI=1S/C36H18N10/c37-19-26-31(22-11-3-1-4-12-22)41-45-34(26)44-35(27(20-38)32(40-44)23-13-5-2-6-14-23)46-36(45)28(21-39)33(42-46)43-29-17-9-7-15-24(29)25-16-8-10-18-30(25)43/h1-18H. The van der Waals surface area contributed by atoms with E-state index in [4.69, 9.17) is 15.3 Å². The molecule has 0 aliphatic carbocycles. The summed E-state index contributed by atoms with van der Waals surface area (Å²) in [6.07, 6.45) is 0. The van der Waals surface area contributed by atoms with Crippen molar-refractivity contribution in [1.82, 2.24) is 33.4 Å². The molecule has 0 unspecified atom stereocenters. The van der Waals surface area contributed by atoms with Gasteiger partial charge in [-0.05, 0) is 12.1 Å². The highest BCUT2D eigenvalue weighted by atomic mass is 15.5. The first kappa shape index (κ1) is 25.3. The van der Waals surface area contributed by atoms with Crippen LogP contribution in [0.3, 0.4) is 0 Å². The molecule has 0 spiro atoms. The third kappa shape index (κ3) is 3.23. The molecule has 0 saturated heterocycles. The maximum atomic E-state index is 10.8. The van der Waals surface area contributed by atoms with Crippen LogP contribution in [0.2, 0.25) is 0 Å². The topological polar surface area (TPSA) is 128 Å². The summed E-state index contributed by atoms with van der Waals surface area (Å²) < 4.78 is 6.63. The van der Waals surface area contributed by atoms with E-state index in [-0.39, 0.29) is 16.7 Å². The zero-order valence-electron chi connectivity index (χ0n) is 23.9. The first-order valence-electron chi connectivity index (χ1n) is 14.4. The largest absolute Gasteiger partial charge is 0.291 e. The van der Waals surface area contributed by atoms with E-state index < -0.39 is 0 Å². The van der Waals surface area contributed by atoms with Crippen LogP contribution in [-0.4, -0.2) is 33.4 Å². The van der Waals surface area contributed by atoms with Gasteiger partial charge in [0.2, 0.25) is 0 Å². The summed E-state index contributed by atoms with van der Waals surface area (Å²) in [5.41, 5.74) is 5.77. The van der Waals surface area contributed by atoms with Crippen LogP contribution in [0.25, 0.3) is 67.1 Å². The zero-order chi connectivity index (χ0) is 30.9. The highest BCUT2D eigenvalue weighted by Gasteiger charge is 2.30. The third-order valence-electron chi connectivity index (χ3n) is 8.39.